The molecule has 1 unspecified atom stereocenters. The summed E-state index contributed by atoms with van der Waals surface area (Å²) in [6.45, 7) is 7.56. The Labute approximate surface area is 108 Å². The molecule has 0 radical (unpaired) electrons. The molecule has 1 rings (SSSR count). The zero-order valence-corrected chi connectivity index (χ0v) is 12.5. The fourth-order valence-electron chi connectivity index (χ4n) is 2.19. The van der Waals surface area contributed by atoms with E-state index in [1.54, 1.807) is 49.5 Å². The normalized spacial score (nSPS) is 25.5. The molecule has 1 aliphatic heterocycles. The van der Waals surface area contributed by atoms with Gasteiger partial charge in [0, 0.05) is 18.8 Å². The van der Waals surface area contributed by atoms with Crippen LogP contribution in [0.25, 0.3) is 0 Å². The summed E-state index contributed by atoms with van der Waals surface area (Å²) in [4.78, 5) is 27.9. The van der Waals surface area contributed by atoms with Crippen LogP contribution >= 0.6 is 11.8 Å². The maximum atomic E-state index is 12.4. The Bertz CT molecular complexity index is 352. The van der Waals surface area contributed by atoms with Crippen molar-refractivity contribution in [2.24, 2.45) is 0 Å². The fraction of sp³-hybridized carbons (Fsp3) is 0.833. The number of hydrogen-bond acceptors (Lipinski definition) is 3. The van der Waals surface area contributed by atoms with E-state index in [1.165, 1.54) is 0 Å². The van der Waals surface area contributed by atoms with Gasteiger partial charge in [-0.15, -0.1) is 0 Å². The van der Waals surface area contributed by atoms with E-state index in [2.05, 4.69) is 0 Å². The third-order valence-electron chi connectivity index (χ3n) is 3.82. The molecule has 1 aliphatic rings. The molecule has 5 heteroatoms. The molecule has 0 aromatic carbocycles. The lowest BCUT2D eigenvalue weighted by Crippen LogP contribution is -2.71. The van der Waals surface area contributed by atoms with E-state index in [-0.39, 0.29) is 16.6 Å². The first-order valence-corrected chi connectivity index (χ1v) is 6.90. The molecule has 0 aromatic rings. The third kappa shape index (κ3) is 2.05. The average Bonchev–Trinajstić information content (AvgIpc) is 2.24. The second-order valence-electron chi connectivity index (χ2n) is 5.58. The molecule has 0 N–H and O–H groups in total. The van der Waals surface area contributed by atoms with Crippen LogP contribution in [-0.4, -0.2) is 58.3 Å². The highest BCUT2D eigenvalue weighted by Crippen LogP contribution is 2.35. The largest absolute Gasteiger partial charge is 0.330 e. The van der Waals surface area contributed by atoms with Gasteiger partial charge in [0.1, 0.15) is 11.6 Å². The molecular weight excluding hydrogens is 236 g/mol. The molecule has 1 heterocycles. The van der Waals surface area contributed by atoms with Gasteiger partial charge >= 0.3 is 0 Å². The van der Waals surface area contributed by atoms with Crippen molar-refractivity contribution in [1.29, 1.82) is 0 Å². The van der Waals surface area contributed by atoms with Crippen molar-refractivity contribution in [1.82, 2.24) is 9.80 Å². The maximum absolute atomic E-state index is 12.4. The number of hydrogen-bond donors (Lipinski definition) is 0. The fourth-order valence-corrected chi connectivity index (χ4v) is 2.67. The Morgan fingerprint density at radius 1 is 1.24 bits per heavy atom. The summed E-state index contributed by atoms with van der Waals surface area (Å²) in [6.07, 6.45) is 1.96. The van der Waals surface area contributed by atoms with Gasteiger partial charge in [-0.3, -0.25) is 9.59 Å². The minimum atomic E-state index is -0.753. The van der Waals surface area contributed by atoms with Crippen molar-refractivity contribution >= 4 is 23.6 Å². The van der Waals surface area contributed by atoms with Gasteiger partial charge in [0.15, 0.2) is 0 Å². The second kappa shape index (κ2) is 4.19. The Morgan fingerprint density at radius 2 is 1.71 bits per heavy atom. The second-order valence-corrected chi connectivity index (χ2v) is 7.04. The molecule has 98 valence electrons. The molecule has 0 aromatic heterocycles. The molecule has 17 heavy (non-hydrogen) atoms. The summed E-state index contributed by atoms with van der Waals surface area (Å²) in [6, 6.07) is -0.400. The van der Waals surface area contributed by atoms with Gasteiger partial charge in [-0.25, -0.2) is 0 Å². The molecular formula is C12H22N2O2S. The van der Waals surface area contributed by atoms with Crippen LogP contribution in [0.1, 0.15) is 27.7 Å². The Balaban J connectivity index is 3.20. The van der Waals surface area contributed by atoms with Crippen LogP contribution in [0.2, 0.25) is 0 Å². The van der Waals surface area contributed by atoms with Gasteiger partial charge in [0.2, 0.25) is 11.8 Å². The van der Waals surface area contributed by atoms with Gasteiger partial charge in [-0.2, -0.15) is 11.8 Å². The highest BCUT2D eigenvalue weighted by atomic mass is 32.2. The quantitative estimate of drug-likeness (QED) is 0.747. The third-order valence-corrected chi connectivity index (χ3v) is 5.09. The maximum Gasteiger partial charge on any atom is 0.248 e. The summed E-state index contributed by atoms with van der Waals surface area (Å²) in [7, 11) is 3.42. The molecule has 0 aliphatic carbocycles. The predicted octanol–water partition coefficient (Wildman–Crippen LogP) is 1.21. The topological polar surface area (TPSA) is 40.6 Å². The van der Waals surface area contributed by atoms with Gasteiger partial charge in [0.25, 0.3) is 0 Å². The molecule has 0 saturated carbocycles. The van der Waals surface area contributed by atoms with Crippen molar-refractivity contribution in [2.75, 3.05) is 20.4 Å². The zero-order valence-electron chi connectivity index (χ0n) is 11.7. The molecule has 1 fully saturated rings. The van der Waals surface area contributed by atoms with Gasteiger partial charge in [-0.05, 0) is 34.0 Å². The minimum absolute atomic E-state index is 0.00766. The van der Waals surface area contributed by atoms with Crippen LogP contribution in [-0.2, 0) is 9.59 Å². The number of carbonyl (C=O) groups is 2. The summed E-state index contributed by atoms with van der Waals surface area (Å²) < 4.78 is -0.285. The van der Waals surface area contributed by atoms with Crippen LogP contribution < -0.4 is 0 Å². The number of rotatable bonds is 2. The lowest BCUT2D eigenvalue weighted by Gasteiger charge is -2.50. The Morgan fingerprint density at radius 3 is 2.12 bits per heavy atom. The number of carbonyl (C=O) groups excluding carboxylic acids is 2. The van der Waals surface area contributed by atoms with E-state index in [4.69, 9.17) is 0 Å². The molecule has 2 amide bonds. The molecule has 4 nitrogen and oxygen atoms in total. The smallest absolute Gasteiger partial charge is 0.248 e. The van der Waals surface area contributed by atoms with E-state index >= 15 is 0 Å². The number of thioether (sulfide) groups is 1. The van der Waals surface area contributed by atoms with Crippen molar-refractivity contribution in [2.45, 2.75) is 44.0 Å². The Kier molecular flexibility index (Phi) is 3.54. The minimum Gasteiger partial charge on any atom is -0.330 e. The summed E-state index contributed by atoms with van der Waals surface area (Å²) >= 11 is 1.60. The number of likely N-dealkylation sites (N-methyl/N-ethyl adjacent to an activating group) is 2. The van der Waals surface area contributed by atoms with Crippen molar-refractivity contribution in [3.8, 4) is 0 Å². The number of piperazine rings is 1. The number of amides is 2. The van der Waals surface area contributed by atoms with E-state index < -0.39 is 11.6 Å². The zero-order chi connectivity index (χ0) is 13.6. The monoisotopic (exact) mass is 258 g/mol. The van der Waals surface area contributed by atoms with Crippen LogP contribution in [0, 0.1) is 0 Å². The van der Waals surface area contributed by atoms with E-state index in [1.807, 2.05) is 20.1 Å². The van der Waals surface area contributed by atoms with Crippen LogP contribution in [0.3, 0.4) is 0 Å². The first-order chi connectivity index (χ1) is 7.57. The molecule has 0 bridgehead atoms. The van der Waals surface area contributed by atoms with Crippen molar-refractivity contribution in [3.63, 3.8) is 0 Å². The SMILES string of the molecule is CSC(C)(C)C1C(=O)N(C)C(C)(C)C(=O)N1C. The van der Waals surface area contributed by atoms with Crippen molar-refractivity contribution < 1.29 is 9.59 Å². The predicted molar refractivity (Wildman–Crippen MR) is 71.0 cm³/mol. The van der Waals surface area contributed by atoms with Crippen LogP contribution in [0.15, 0.2) is 0 Å². The van der Waals surface area contributed by atoms with E-state index in [0.717, 1.165) is 0 Å². The standard InChI is InChI=1S/C12H22N2O2S/c1-11(2)10(16)13(5)8(9(15)14(11)6)12(3,4)17-7/h8H,1-7H3. The van der Waals surface area contributed by atoms with Crippen molar-refractivity contribution in [3.05, 3.63) is 0 Å². The number of nitrogens with zero attached hydrogens (tertiary/aromatic N) is 2. The van der Waals surface area contributed by atoms with Gasteiger partial charge in [0.05, 0.1) is 0 Å². The lowest BCUT2D eigenvalue weighted by molar-refractivity contribution is -0.165. The molecule has 1 saturated heterocycles. The average molecular weight is 258 g/mol. The van der Waals surface area contributed by atoms with Gasteiger partial charge in [-0.1, -0.05) is 0 Å². The molecule has 0 spiro atoms. The van der Waals surface area contributed by atoms with Crippen LogP contribution in [0.4, 0.5) is 0 Å². The summed E-state index contributed by atoms with van der Waals surface area (Å²) in [5.74, 6) is 0.00294. The van der Waals surface area contributed by atoms with Gasteiger partial charge < -0.3 is 9.80 Å². The van der Waals surface area contributed by atoms with Crippen LogP contribution in [0.5, 0.6) is 0 Å². The van der Waals surface area contributed by atoms with E-state index in [0.29, 0.717) is 0 Å². The summed E-state index contributed by atoms with van der Waals surface area (Å²) in [5, 5.41) is 0. The molecule has 1 atom stereocenters. The lowest BCUT2D eigenvalue weighted by atomic mass is 9.90. The Hall–Kier alpha value is -0.710. The first-order valence-electron chi connectivity index (χ1n) is 5.67. The van der Waals surface area contributed by atoms with E-state index in [9.17, 15) is 9.59 Å². The summed E-state index contributed by atoms with van der Waals surface area (Å²) in [5.41, 5.74) is -0.753. The highest BCUT2D eigenvalue weighted by Gasteiger charge is 2.52. The highest BCUT2D eigenvalue weighted by molar-refractivity contribution is 8.00. The first kappa shape index (κ1) is 14.4.